The molecule has 1 unspecified atom stereocenters. The molecule has 3 heteroatoms. The lowest BCUT2D eigenvalue weighted by Gasteiger charge is -2.10. The maximum absolute atomic E-state index is 11.7. The predicted molar refractivity (Wildman–Crippen MR) is 99.7 cm³/mol. The highest BCUT2D eigenvalue weighted by Gasteiger charge is 2.04. The molecule has 1 aromatic heterocycles. The summed E-state index contributed by atoms with van der Waals surface area (Å²) in [5, 5.41) is 0. The van der Waals surface area contributed by atoms with Crippen LogP contribution in [0.2, 0.25) is 0 Å². The first-order chi connectivity index (χ1) is 11.7. The molecule has 0 aromatic carbocycles. The summed E-state index contributed by atoms with van der Waals surface area (Å²) in [6.45, 7) is 4.98. The van der Waals surface area contributed by atoms with E-state index in [2.05, 4.69) is 18.8 Å². The fraction of sp³-hybridized carbons (Fsp3) is 0.714. The van der Waals surface area contributed by atoms with Crippen molar-refractivity contribution in [3.05, 3.63) is 30.1 Å². The molecule has 0 aliphatic heterocycles. The normalized spacial score (nSPS) is 12.1. The molecule has 1 atom stereocenters. The minimum Gasteiger partial charge on any atom is -0.461 e. The first kappa shape index (κ1) is 20.7. The lowest BCUT2D eigenvalue weighted by Crippen LogP contribution is -2.04. The van der Waals surface area contributed by atoms with Crippen LogP contribution in [0.15, 0.2) is 24.5 Å². The van der Waals surface area contributed by atoms with Gasteiger partial charge in [-0.2, -0.15) is 0 Å². The number of ether oxygens (including phenoxy) is 1. The van der Waals surface area contributed by atoms with Gasteiger partial charge >= 0.3 is 5.97 Å². The van der Waals surface area contributed by atoms with E-state index in [4.69, 9.17) is 4.74 Å². The second-order valence-electron chi connectivity index (χ2n) is 6.93. The third kappa shape index (κ3) is 11.2. The molecule has 1 aromatic rings. The molecular weight excluding hydrogens is 298 g/mol. The molecule has 0 spiro atoms. The number of carbonyl (C=O) groups excluding carboxylic acids is 1. The molecule has 0 saturated heterocycles. The van der Waals surface area contributed by atoms with Gasteiger partial charge in [0.1, 0.15) is 6.61 Å². The molecule has 1 rings (SSSR count). The number of pyridine rings is 1. The Morgan fingerprint density at radius 1 is 1.08 bits per heavy atom. The van der Waals surface area contributed by atoms with Gasteiger partial charge in [-0.15, -0.1) is 0 Å². The minimum atomic E-state index is -0.0941. The molecule has 1 heterocycles. The van der Waals surface area contributed by atoms with Crippen LogP contribution in [0.25, 0.3) is 0 Å². The van der Waals surface area contributed by atoms with Crippen LogP contribution in [0.5, 0.6) is 0 Å². The first-order valence-corrected chi connectivity index (χ1v) is 9.77. The maximum atomic E-state index is 11.7. The molecule has 0 aliphatic carbocycles. The van der Waals surface area contributed by atoms with E-state index in [0.717, 1.165) is 24.3 Å². The molecule has 0 N–H and O–H groups in total. The summed E-state index contributed by atoms with van der Waals surface area (Å²) >= 11 is 0. The lowest BCUT2D eigenvalue weighted by atomic mass is 9.96. The van der Waals surface area contributed by atoms with Crippen molar-refractivity contribution < 1.29 is 9.53 Å². The fourth-order valence-corrected chi connectivity index (χ4v) is 2.90. The van der Waals surface area contributed by atoms with Gasteiger partial charge < -0.3 is 4.74 Å². The molecule has 0 radical (unpaired) electrons. The van der Waals surface area contributed by atoms with Gasteiger partial charge in [-0.25, -0.2) is 0 Å². The Bertz CT molecular complexity index is 419. The molecular formula is C21H35NO2. The average Bonchev–Trinajstić information content (AvgIpc) is 2.60. The summed E-state index contributed by atoms with van der Waals surface area (Å²) in [6, 6.07) is 3.78. The number of nitrogens with zero attached hydrogens (tertiary/aromatic N) is 1. The molecule has 0 saturated carbocycles. The maximum Gasteiger partial charge on any atom is 0.306 e. The highest BCUT2D eigenvalue weighted by Crippen LogP contribution is 2.17. The van der Waals surface area contributed by atoms with E-state index < -0.39 is 0 Å². The van der Waals surface area contributed by atoms with Gasteiger partial charge in [-0.3, -0.25) is 9.78 Å². The van der Waals surface area contributed by atoms with Crippen LogP contribution in [0.1, 0.15) is 90.0 Å². The van der Waals surface area contributed by atoms with Crippen molar-refractivity contribution in [1.82, 2.24) is 4.98 Å². The van der Waals surface area contributed by atoms with Gasteiger partial charge in [0.05, 0.1) is 0 Å². The van der Waals surface area contributed by atoms with E-state index in [9.17, 15) is 4.79 Å². The first-order valence-electron chi connectivity index (χ1n) is 9.77. The Morgan fingerprint density at radius 3 is 2.50 bits per heavy atom. The Morgan fingerprint density at radius 2 is 1.79 bits per heavy atom. The minimum absolute atomic E-state index is 0.0941. The van der Waals surface area contributed by atoms with E-state index in [1.807, 2.05) is 12.1 Å². The SMILES string of the molecule is CCCCCC(C)CCCCCCCC(=O)OCc1cccnc1. The van der Waals surface area contributed by atoms with Gasteiger partial charge in [0.15, 0.2) is 0 Å². The highest BCUT2D eigenvalue weighted by molar-refractivity contribution is 5.69. The van der Waals surface area contributed by atoms with Crippen LogP contribution in [-0.4, -0.2) is 11.0 Å². The van der Waals surface area contributed by atoms with Crippen LogP contribution < -0.4 is 0 Å². The van der Waals surface area contributed by atoms with E-state index in [1.165, 1.54) is 51.4 Å². The number of hydrogen-bond donors (Lipinski definition) is 0. The zero-order valence-electron chi connectivity index (χ0n) is 15.6. The fourth-order valence-electron chi connectivity index (χ4n) is 2.90. The van der Waals surface area contributed by atoms with Crippen LogP contribution in [0, 0.1) is 5.92 Å². The Kier molecular flexibility index (Phi) is 12.1. The number of unbranched alkanes of at least 4 members (excludes halogenated alkanes) is 6. The predicted octanol–water partition coefficient (Wildman–Crippen LogP) is 6.07. The standard InChI is InChI=1S/C21H35NO2/c1-3-4-8-12-19(2)13-9-6-5-7-10-15-21(23)24-18-20-14-11-16-22-17-20/h11,14,16-17,19H,3-10,12-13,15,18H2,1-2H3. The number of esters is 1. The highest BCUT2D eigenvalue weighted by atomic mass is 16.5. The van der Waals surface area contributed by atoms with Crippen LogP contribution in [0.4, 0.5) is 0 Å². The van der Waals surface area contributed by atoms with E-state index in [0.29, 0.717) is 13.0 Å². The van der Waals surface area contributed by atoms with Crippen LogP contribution in [0.3, 0.4) is 0 Å². The Hall–Kier alpha value is -1.38. The quantitative estimate of drug-likeness (QED) is 0.306. The molecule has 136 valence electrons. The van der Waals surface area contributed by atoms with Crippen molar-refractivity contribution in [3.63, 3.8) is 0 Å². The smallest absolute Gasteiger partial charge is 0.306 e. The number of rotatable bonds is 14. The van der Waals surface area contributed by atoms with Gasteiger partial charge in [0.25, 0.3) is 0 Å². The molecule has 24 heavy (non-hydrogen) atoms. The summed E-state index contributed by atoms with van der Waals surface area (Å²) in [5.41, 5.74) is 0.943. The summed E-state index contributed by atoms with van der Waals surface area (Å²) in [6.07, 6.45) is 16.7. The van der Waals surface area contributed by atoms with Crippen LogP contribution >= 0.6 is 0 Å². The van der Waals surface area contributed by atoms with Crippen LogP contribution in [-0.2, 0) is 16.1 Å². The van der Waals surface area contributed by atoms with Gasteiger partial charge in [-0.05, 0) is 18.4 Å². The molecule has 0 aliphatic rings. The van der Waals surface area contributed by atoms with Gasteiger partial charge in [-0.1, -0.05) is 77.7 Å². The van der Waals surface area contributed by atoms with E-state index >= 15 is 0 Å². The summed E-state index contributed by atoms with van der Waals surface area (Å²) in [7, 11) is 0. The zero-order chi connectivity index (χ0) is 17.5. The third-order valence-electron chi connectivity index (χ3n) is 4.50. The van der Waals surface area contributed by atoms with Gasteiger partial charge in [0, 0.05) is 24.4 Å². The second-order valence-corrected chi connectivity index (χ2v) is 6.93. The van der Waals surface area contributed by atoms with Gasteiger partial charge in [0.2, 0.25) is 0 Å². The Balaban J connectivity index is 1.90. The van der Waals surface area contributed by atoms with Crippen molar-refractivity contribution in [3.8, 4) is 0 Å². The van der Waals surface area contributed by atoms with E-state index in [-0.39, 0.29) is 5.97 Å². The number of carbonyl (C=O) groups is 1. The molecule has 3 nitrogen and oxygen atoms in total. The average molecular weight is 334 g/mol. The summed E-state index contributed by atoms with van der Waals surface area (Å²) < 4.78 is 5.26. The number of hydrogen-bond acceptors (Lipinski definition) is 3. The lowest BCUT2D eigenvalue weighted by molar-refractivity contribution is -0.145. The van der Waals surface area contributed by atoms with Crippen molar-refractivity contribution in [2.45, 2.75) is 91.1 Å². The van der Waals surface area contributed by atoms with Crippen molar-refractivity contribution in [1.29, 1.82) is 0 Å². The van der Waals surface area contributed by atoms with Crippen molar-refractivity contribution >= 4 is 5.97 Å². The second kappa shape index (κ2) is 14.0. The monoisotopic (exact) mass is 333 g/mol. The molecule has 0 amide bonds. The van der Waals surface area contributed by atoms with E-state index in [1.54, 1.807) is 12.4 Å². The summed E-state index contributed by atoms with van der Waals surface area (Å²) in [4.78, 5) is 15.7. The van der Waals surface area contributed by atoms with Crippen molar-refractivity contribution in [2.75, 3.05) is 0 Å². The number of aromatic nitrogens is 1. The molecule has 0 fully saturated rings. The summed E-state index contributed by atoms with van der Waals surface area (Å²) in [5.74, 6) is 0.780. The Labute approximate surface area is 148 Å². The largest absolute Gasteiger partial charge is 0.461 e. The zero-order valence-corrected chi connectivity index (χ0v) is 15.6. The van der Waals surface area contributed by atoms with Crippen molar-refractivity contribution in [2.24, 2.45) is 5.92 Å². The third-order valence-corrected chi connectivity index (χ3v) is 4.50. The topological polar surface area (TPSA) is 39.2 Å². The molecule has 0 bridgehead atoms.